The normalized spacial score (nSPS) is 14.4. The van der Waals surface area contributed by atoms with E-state index in [1.807, 2.05) is 0 Å². The van der Waals surface area contributed by atoms with Gasteiger partial charge in [0.1, 0.15) is 28.7 Å². The number of carbonyl (C=O) groups excluding carboxylic acids is 1. The third-order valence-electron chi connectivity index (χ3n) is 5.04. The number of carbonyl (C=O) groups is 1. The first-order valence-electron chi connectivity index (χ1n) is 11.3. The molecular weight excluding hydrogens is 454 g/mol. The van der Waals surface area contributed by atoms with E-state index < -0.39 is 36.4 Å². The van der Waals surface area contributed by atoms with Gasteiger partial charge in [0, 0.05) is 21.6 Å². The van der Waals surface area contributed by atoms with E-state index in [1.165, 1.54) is 22.7 Å². The van der Waals surface area contributed by atoms with Crippen LogP contribution in [0.25, 0.3) is 16.8 Å². The lowest BCUT2D eigenvalue weighted by Gasteiger charge is -2.14. The fourth-order valence-electron chi connectivity index (χ4n) is 3.48. The maximum Gasteiger partial charge on any atom is 0.416 e. The van der Waals surface area contributed by atoms with Crippen LogP contribution in [0.1, 0.15) is 32.9 Å². The van der Waals surface area contributed by atoms with Crippen LogP contribution in [0.2, 0.25) is 0 Å². The minimum atomic E-state index is -4.67. The molecule has 4 rings (SSSR count). The van der Waals surface area contributed by atoms with Gasteiger partial charge in [-0.15, -0.1) is 0 Å². The van der Waals surface area contributed by atoms with Gasteiger partial charge in [0.05, 0.1) is 11.3 Å². The number of nitrogens with one attached hydrogen (secondary N) is 1. The second kappa shape index (κ2) is 8.41. The number of aliphatic hydroxyl groups is 1. The number of benzene rings is 2. The largest absolute Gasteiger partial charge is 0.416 e. The van der Waals surface area contributed by atoms with Gasteiger partial charge in [-0.1, -0.05) is 12.1 Å². The van der Waals surface area contributed by atoms with Crippen molar-refractivity contribution >= 4 is 22.9 Å². The van der Waals surface area contributed by atoms with Crippen LogP contribution >= 0.6 is 0 Å². The number of hydrogen-bond acceptors (Lipinski definition) is 5. The Balaban J connectivity index is 1.66. The van der Waals surface area contributed by atoms with Gasteiger partial charge < -0.3 is 16.2 Å². The first-order chi connectivity index (χ1) is 17.2. The maximum absolute atomic E-state index is 15.1. The third kappa shape index (κ3) is 4.29. The molecule has 2 heterocycles. The second-order valence-corrected chi connectivity index (χ2v) is 7.48. The molecule has 0 spiro atoms. The summed E-state index contributed by atoms with van der Waals surface area (Å²) >= 11 is 0. The Hall–Kier alpha value is -3.99. The van der Waals surface area contributed by atoms with E-state index in [1.54, 1.807) is 6.92 Å². The summed E-state index contributed by atoms with van der Waals surface area (Å²) in [7, 11) is 0. The molecule has 0 aliphatic rings. The summed E-state index contributed by atoms with van der Waals surface area (Å²) in [5, 5.41) is 12.5. The highest BCUT2D eigenvalue weighted by atomic mass is 19.4. The van der Waals surface area contributed by atoms with Gasteiger partial charge in [0.25, 0.3) is 5.91 Å². The number of fused-ring (bicyclic) bond motifs is 1. The van der Waals surface area contributed by atoms with Crippen LogP contribution in [0.4, 0.5) is 29.1 Å². The number of aryl methyl sites for hydroxylation is 2. The molecule has 0 unspecified atom stereocenters. The van der Waals surface area contributed by atoms with E-state index in [0.717, 1.165) is 24.3 Å². The van der Waals surface area contributed by atoms with Gasteiger partial charge in [-0.2, -0.15) is 13.2 Å². The number of aromatic nitrogens is 3. The van der Waals surface area contributed by atoms with Crippen LogP contribution in [-0.2, 0) is 11.0 Å². The molecular formula is C23H19F4N5O2. The SMILES string of the molecule is [2H]C([2H])([2H])c1nc(-c2ccc(NC(=O)[C@@H](O)c3cccc(C(F)(F)F)c3)cc2F)c2c(N)nc(C)cn12. The highest BCUT2D eigenvalue weighted by molar-refractivity contribution is 5.95. The zero-order chi connectivity index (χ0) is 27.3. The predicted molar refractivity (Wildman–Crippen MR) is 117 cm³/mol. The van der Waals surface area contributed by atoms with Crippen LogP contribution in [0.15, 0.2) is 48.7 Å². The van der Waals surface area contributed by atoms with Gasteiger partial charge in [-0.05, 0) is 49.7 Å². The summed E-state index contributed by atoms with van der Waals surface area (Å²) in [6, 6.07) is 7.00. The molecule has 4 aromatic rings. The third-order valence-corrected chi connectivity index (χ3v) is 5.04. The van der Waals surface area contributed by atoms with E-state index in [0.29, 0.717) is 11.8 Å². The lowest BCUT2D eigenvalue weighted by molar-refractivity contribution is -0.138. The molecule has 34 heavy (non-hydrogen) atoms. The van der Waals surface area contributed by atoms with Crippen molar-refractivity contribution in [2.45, 2.75) is 26.1 Å². The Morgan fingerprint density at radius 1 is 1.24 bits per heavy atom. The summed E-state index contributed by atoms with van der Waals surface area (Å²) in [6.07, 6.45) is -5.22. The molecule has 4 N–H and O–H groups in total. The molecule has 0 aliphatic carbocycles. The minimum absolute atomic E-state index is 0.0704. The molecule has 176 valence electrons. The van der Waals surface area contributed by atoms with E-state index in [9.17, 15) is 23.1 Å². The molecule has 0 bridgehead atoms. The lowest BCUT2D eigenvalue weighted by atomic mass is 10.0. The quantitative estimate of drug-likeness (QED) is 0.378. The van der Waals surface area contributed by atoms with Crippen LogP contribution in [0.5, 0.6) is 0 Å². The van der Waals surface area contributed by atoms with Crippen molar-refractivity contribution in [1.82, 2.24) is 14.4 Å². The number of aliphatic hydroxyl groups excluding tert-OH is 1. The Morgan fingerprint density at radius 3 is 2.68 bits per heavy atom. The summed E-state index contributed by atoms with van der Waals surface area (Å²) in [5.74, 6) is -2.43. The number of imidazole rings is 1. The highest BCUT2D eigenvalue weighted by Crippen LogP contribution is 2.33. The van der Waals surface area contributed by atoms with E-state index in [4.69, 9.17) is 9.85 Å². The van der Waals surface area contributed by atoms with E-state index in [2.05, 4.69) is 15.3 Å². The molecule has 2 aromatic heterocycles. The van der Waals surface area contributed by atoms with Crippen molar-refractivity contribution in [2.24, 2.45) is 0 Å². The van der Waals surface area contributed by atoms with E-state index in [-0.39, 0.29) is 39.7 Å². The number of nitrogens with two attached hydrogens (primary N) is 1. The van der Waals surface area contributed by atoms with Crippen LogP contribution < -0.4 is 11.1 Å². The number of nitrogen functional groups attached to an aromatic ring is 1. The maximum atomic E-state index is 15.1. The van der Waals surface area contributed by atoms with E-state index >= 15 is 4.39 Å². The van der Waals surface area contributed by atoms with Gasteiger partial charge in [0.2, 0.25) is 0 Å². The number of nitrogens with zero attached hydrogens (tertiary/aromatic N) is 3. The van der Waals surface area contributed by atoms with Crippen molar-refractivity contribution in [2.75, 3.05) is 11.1 Å². The molecule has 0 radical (unpaired) electrons. The Labute approximate surface area is 195 Å². The fraction of sp³-hybridized carbons (Fsp3) is 0.174. The Kier molecular flexibility index (Phi) is 4.82. The molecule has 0 fully saturated rings. The number of rotatable bonds is 4. The van der Waals surface area contributed by atoms with Crippen molar-refractivity contribution < 1.29 is 31.6 Å². The van der Waals surface area contributed by atoms with Gasteiger partial charge in [0.15, 0.2) is 6.10 Å². The number of alkyl halides is 3. The monoisotopic (exact) mass is 476 g/mol. The minimum Gasteiger partial charge on any atom is -0.382 e. The standard InChI is InChI=1S/C23H19F4N5O2/c1-11-10-32-12(2)30-18(19(32)21(28)29-11)16-7-6-15(9-17(16)24)31-22(34)20(33)13-4-3-5-14(8-13)23(25,26)27/h3-10,20,33H,1-2H3,(H2,28,29)(H,31,34)/t20-/m0/s1/i2D3. The molecule has 1 amide bonds. The molecule has 11 heteroatoms. The summed E-state index contributed by atoms with van der Waals surface area (Å²) in [6.45, 7) is -1.05. The van der Waals surface area contributed by atoms with Crippen molar-refractivity contribution in [3.05, 3.63) is 77.1 Å². The average molecular weight is 476 g/mol. The van der Waals surface area contributed by atoms with Gasteiger partial charge >= 0.3 is 6.18 Å². The average Bonchev–Trinajstić information content (AvgIpc) is 3.18. The van der Waals surface area contributed by atoms with Crippen molar-refractivity contribution in [1.29, 1.82) is 0 Å². The Morgan fingerprint density at radius 2 is 2.00 bits per heavy atom. The molecule has 7 nitrogen and oxygen atoms in total. The molecule has 1 atom stereocenters. The van der Waals surface area contributed by atoms with Crippen molar-refractivity contribution in [3.8, 4) is 11.3 Å². The Bertz CT molecular complexity index is 1520. The van der Waals surface area contributed by atoms with Crippen LogP contribution in [0, 0.1) is 19.6 Å². The molecule has 0 saturated carbocycles. The smallest absolute Gasteiger partial charge is 0.382 e. The van der Waals surface area contributed by atoms with Crippen LogP contribution in [-0.4, -0.2) is 25.4 Å². The fourth-order valence-corrected chi connectivity index (χ4v) is 3.48. The van der Waals surface area contributed by atoms with Gasteiger partial charge in [-0.3, -0.25) is 9.20 Å². The molecule has 0 aliphatic heterocycles. The molecule has 2 aromatic carbocycles. The summed E-state index contributed by atoms with van der Waals surface area (Å²) in [5.41, 5.74) is 4.80. The number of anilines is 2. The topological polar surface area (TPSA) is 106 Å². The number of amides is 1. The first kappa shape index (κ1) is 19.5. The van der Waals surface area contributed by atoms with Crippen molar-refractivity contribution in [3.63, 3.8) is 0 Å². The lowest BCUT2D eigenvalue weighted by Crippen LogP contribution is -2.21. The zero-order valence-corrected chi connectivity index (χ0v) is 17.5. The highest BCUT2D eigenvalue weighted by Gasteiger charge is 2.31. The summed E-state index contributed by atoms with van der Waals surface area (Å²) < 4.78 is 78.5. The number of halogens is 4. The van der Waals surface area contributed by atoms with Crippen LogP contribution in [0.3, 0.4) is 0 Å². The second-order valence-electron chi connectivity index (χ2n) is 7.48. The molecule has 0 saturated heterocycles. The predicted octanol–water partition coefficient (Wildman–Crippen LogP) is 4.43. The van der Waals surface area contributed by atoms with Gasteiger partial charge in [-0.25, -0.2) is 14.4 Å². The zero-order valence-electron chi connectivity index (χ0n) is 20.5. The first-order valence-corrected chi connectivity index (χ1v) is 9.78. The summed E-state index contributed by atoms with van der Waals surface area (Å²) in [4.78, 5) is 20.6. The number of hydrogen-bond donors (Lipinski definition) is 3.